The van der Waals surface area contributed by atoms with Crippen LogP contribution in [-0.2, 0) is 10.0 Å². The summed E-state index contributed by atoms with van der Waals surface area (Å²) in [6.45, 7) is 3.43. The van der Waals surface area contributed by atoms with Crippen molar-refractivity contribution in [2.24, 2.45) is 0 Å². The molecule has 0 radical (unpaired) electrons. The summed E-state index contributed by atoms with van der Waals surface area (Å²) >= 11 is 0. The highest BCUT2D eigenvalue weighted by atomic mass is 32.2. The van der Waals surface area contributed by atoms with E-state index < -0.39 is 20.9 Å². The summed E-state index contributed by atoms with van der Waals surface area (Å²) in [5.74, 6) is -0.528. The van der Waals surface area contributed by atoms with E-state index in [4.69, 9.17) is 0 Å². The van der Waals surface area contributed by atoms with Crippen LogP contribution in [0.5, 0.6) is 0 Å². The molecule has 2 aromatic carbocycles. The van der Waals surface area contributed by atoms with E-state index in [1.165, 1.54) is 48.5 Å². The van der Waals surface area contributed by atoms with Gasteiger partial charge in [0.25, 0.3) is 11.6 Å². The molecule has 25 heavy (non-hydrogen) atoms. The lowest BCUT2D eigenvalue weighted by atomic mass is 10.2. The van der Waals surface area contributed by atoms with Crippen LogP contribution in [0.3, 0.4) is 0 Å². The van der Waals surface area contributed by atoms with Gasteiger partial charge in [0, 0.05) is 29.4 Å². The fourth-order valence-corrected chi connectivity index (χ4v) is 3.31. The number of rotatable bonds is 6. The van der Waals surface area contributed by atoms with Gasteiger partial charge in [-0.25, -0.2) is 13.1 Å². The minimum Gasteiger partial charge on any atom is -0.322 e. The molecule has 0 heterocycles. The van der Waals surface area contributed by atoms with E-state index in [0.29, 0.717) is 5.69 Å². The zero-order valence-corrected chi connectivity index (χ0v) is 14.4. The van der Waals surface area contributed by atoms with Crippen LogP contribution in [0.1, 0.15) is 24.2 Å². The standard InChI is InChI=1S/C16H17N3O5S/c1-11(2)18-25(23,24)15-8-6-13(7-9-15)17-16(20)12-4-3-5-14(10-12)19(21)22/h3-11,18H,1-2H3,(H,17,20). The number of sulfonamides is 1. The zero-order valence-electron chi connectivity index (χ0n) is 13.6. The highest BCUT2D eigenvalue weighted by Crippen LogP contribution is 2.17. The van der Waals surface area contributed by atoms with Gasteiger partial charge in [-0.05, 0) is 44.2 Å². The topological polar surface area (TPSA) is 118 Å². The highest BCUT2D eigenvalue weighted by molar-refractivity contribution is 7.89. The number of nitro benzene ring substituents is 1. The number of carbonyl (C=O) groups excluding carboxylic acids is 1. The lowest BCUT2D eigenvalue weighted by Gasteiger charge is -2.10. The molecule has 8 nitrogen and oxygen atoms in total. The Labute approximate surface area is 145 Å². The van der Waals surface area contributed by atoms with Crippen molar-refractivity contribution < 1.29 is 18.1 Å². The van der Waals surface area contributed by atoms with Crippen molar-refractivity contribution in [3.8, 4) is 0 Å². The molecule has 0 aromatic heterocycles. The van der Waals surface area contributed by atoms with Crippen LogP contribution in [-0.4, -0.2) is 25.3 Å². The van der Waals surface area contributed by atoms with Gasteiger partial charge in [0.15, 0.2) is 0 Å². The van der Waals surface area contributed by atoms with Crippen molar-refractivity contribution in [1.29, 1.82) is 0 Å². The first-order valence-corrected chi connectivity index (χ1v) is 8.85. The normalized spacial score (nSPS) is 11.3. The molecule has 2 rings (SSSR count). The second kappa shape index (κ2) is 7.41. The monoisotopic (exact) mass is 363 g/mol. The Balaban J connectivity index is 2.15. The van der Waals surface area contributed by atoms with Gasteiger partial charge in [-0.3, -0.25) is 14.9 Å². The van der Waals surface area contributed by atoms with Crippen LogP contribution >= 0.6 is 0 Å². The molecular formula is C16H17N3O5S. The third kappa shape index (κ3) is 4.85. The average molecular weight is 363 g/mol. The SMILES string of the molecule is CC(C)NS(=O)(=O)c1ccc(NC(=O)c2cccc([N+](=O)[O-])c2)cc1. The molecule has 9 heteroatoms. The Morgan fingerprint density at radius 1 is 1.12 bits per heavy atom. The molecule has 1 amide bonds. The molecule has 0 saturated heterocycles. The van der Waals surface area contributed by atoms with Crippen molar-refractivity contribution in [3.63, 3.8) is 0 Å². The predicted octanol–water partition coefficient (Wildman–Crippen LogP) is 2.53. The van der Waals surface area contributed by atoms with E-state index in [0.717, 1.165) is 0 Å². The maximum atomic E-state index is 12.2. The molecule has 0 aliphatic carbocycles. The van der Waals surface area contributed by atoms with Crippen LogP contribution in [0.25, 0.3) is 0 Å². The Bertz CT molecular complexity index is 892. The van der Waals surface area contributed by atoms with Crippen molar-refractivity contribution in [1.82, 2.24) is 4.72 Å². The van der Waals surface area contributed by atoms with Gasteiger partial charge < -0.3 is 5.32 Å². The van der Waals surface area contributed by atoms with E-state index in [1.807, 2.05) is 0 Å². The van der Waals surface area contributed by atoms with E-state index in [-0.39, 0.29) is 22.2 Å². The number of amides is 1. The molecular weight excluding hydrogens is 346 g/mol. The predicted molar refractivity (Wildman–Crippen MR) is 92.9 cm³/mol. The van der Waals surface area contributed by atoms with Crippen molar-refractivity contribution >= 4 is 27.3 Å². The van der Waals surface area contributed by atoms with Crippen molar-refractivity contribution in [3.05, 3.63) is 64.2 Å². The number of nitrogens with zero attached hydrogens (tertiary/aromatic N) is 1. The van der Waals surface area contributed by atoms with Crippen LogP contribution < -0.4 is 10.0 Å². The Hall–Kier alpha value is -2.78. The number of benzene rings is 2. The smallest absolute Gasteiger partial charge is 0.270 e. The molecule has 2 N–H and O–H groups in total. The molecule has 132 valence electrons. The molecule has 0 aliphatic rings. The third-order valence-corrected chi connectivity index (χ3v) is 4.81. The van der Waals surface area contributed by atoms with Gasteiger partial charge in [0.2, 0.25) is 10.0 Å². The molecule has 0 bridgehead atoms. The maximum absolute atomic E-state index is 12.2. The van der Waals surface area contributed by atoms with E-state index in [2.05, 4.69) is 10.0 Å². The number of carbonyl (C=O) groups is 1. The number of nitrogens with one attached hydrogen (secondary N) is 2. The number of nitro groups is 1. The van der Waals surface area contributed by atoms with E-state index >= 15 is 0 Å². The minimum absolute atomic E-state index is 0.0783. The fraction of sp³-hybridized carbons (Fsp3) is 0.188. The lowest BCUT2D eigenvalue weighted by molar-refractivity contribution is -0.384. The van der Waals surface area contributed by atoms with E-state index in [9.17, 15) is 23.3 Å². The van der Waals surface area contributed by atoms with Crippen molar-refractivity contribution in [2.75, 3.05) is 5.32 Å². The summed E-state index contributed by atoms with van der Waals surface area (Å²) in [4.78, 5) is 22.4. The molecule has 0 spiro atoms. The van der Waals surface area contributed by atoms with Gasteiger partial charge in [-0.15, -0.1) is 0 Å². The van der Waals surface area contributed by atoms with Gasteiger partial charge in [0.05, 0.1) is 9.82 Å². The minimum atomic E-state index is -3.61. The first-order valence-electron chi connectivity index (χ1n) is 7.37. The molecule has 0 atom stereocenters. The summed E-state index contributed by atoms with van der Waals surface area (Å²) in [6, 6.07) is 10.7. The van der Waals surface area contributed by atoms with Gasteiger partial charge in [-0.1, -0.05) is 6.07 Å². The van der Waals surface area contributed by atoms with Crippen LogP contribution in [0.15, 0.2) is 53.4 Å². The Kier molecular flexibility index (Phi) is 5.50. The van der Waals surface area contributed by atoms with Gasteiger partial charge in [0.1, 0.15) is 0 Å². The fourth-order valence-electron chi connectivity index (χ4n) is 2.06. The van der Waals surface area contributed by atoms with Crippen LogP contribution in [0.2, 0.25) is 0 Å². The van der Waals surface area contributed by atoms with Crippen LogP contribution in [0, 0.1) is 10.1 Å². The van der Waals surface area contributed by atoms with Crippen molar-refractivity contribution in [2.45, 2.75) is 24.8 Å². The first-order chi connectivity index (χ1) is 11.7. The second-order valence-corrected chi connectivity index (χ2v) is 7.28. The Morgan fingerprint density at radius 2 is 1.76 bits per heavy atom. The lowest BCUT2D eigenvalue weighted by Crippen LogP contribution is -2.30. The number of hydrogen-bond acceptors (Lipinski definition) is 5. The molecule has 0 unspecified atom stereocenters. The van der Waals surface area contributed by atoms with E-state index in [1.54, 1.807) is 13.8 Å². The van der Waals surface area contributed by atoms with Gasteiger partial charge in [-0.2, -0.15) is 0 Å². The zero-order chi connectivity index (χ0) is 18.6. The summed E-state index contributed by atoms with van der Waals surface area (Å²) in [6.07, 6.45) is 0. The summed E-state index contributed by atoms with van der Waals surface area (Å²) in [5, 5.41) is 13.3. The number of non-ortho nitro benzene ring substituents is 1. The first kappa shape index (κ1) is 18.6. The van der Waals surface area contributed by atoms with Gasteiger partial charge >= 0.3 is 0 Å². The number of anilines is 1. The second-order valence-electron chi connectivity index (χ2n) is 5.56. The quantitative estimate of drug-likeness (QED) is 0.604. The number of hydrogen-bond donors (Lipinski definition) is 2. The summed E-state index contributed by atoms with van der Waals surface area (Å²) in [7, 11) is -3.61. The molecule has 0 saturated carbocycles. The largest absolute Gasteiger partial charge is 0.322 e. The molecule has 0 aliphatic heterocycles. The van der Waals surface area contributed by atoms with Crippen LogP contribution in [0.4, 0.5) is 11.4 Å². The summed E-state index contributed by atoms with van der Waals surface area (Å²) < 4.78 is 26.5. The summed E-state index contributed by atoms with van der Waals surface area (Å²) in [5.41, 5.74) is 0.321. The average Bonchev–Trinajstić information content (AvgIpc) is 2.54. The highest BCUT2D eigenvalue weighted by Gasteiger charge is 2.16. The Morgan fingerprint density at radius 3 is 2.32 bits per heavy atom. The third-order valence-electron chi connectivity index (χ3n) is 3.13. The molecule has 2 aromatic rings. The molecule has 0 fully saturated rings. The maximum Gasteiger partial charge on any atom is 0.270 e.